The highest BCUT2D eigenvalue weighted by atomic mass is 16.6. The summed E-state index contributed by atoms with van der Waals surface area (Å²) in [4.78, 5) is 53.0. The molecule has 2 atom stereocenters. The number of piperidine rings is 1. The number of carbonyl (C=O) groups is 3. The second-order valence-electron chi connectivity index (χ2n) is 12.3. The Labute approximate surface area is 272 Å². The van der Waals surface area contributed by atoms with E-state index in [0.29, 0.717) is 42.9 Å². The summed E-state index contributed by atoms with van der Waals surface area (Å²) in [6.07, 6.45) is 8.67. The maximum atomic E-state index is 14.8. The largest absolute Gasteiger partial charge is 0.445 e. The van der Waals surface area contributed by atoms with Crippen LogP contribution in [0.15, 0.2) is 116 Å². The SMILES string of the molecule is N#Cc1ccc(C(=O)C=C2NC(Cc3ccncc3)(Cc3ccncc3)C(=O)N2C2C3CN(C(=O)OCc4ccccc4)CC32)cc1. The van der Waals surface area contributed by atoms with Crippen LogP contribution in [0.3, 0.4) is 0 Å². The van der Waals surface area contributed by atoms with E-state index in [1.54, 1.807) is 58.9 Å². The third-order valence-corrected chi connectivity index (χ3v) is 9.24. The van der Waals surface area contributed by atoms with E-state index in [2.05, 4.69) is 21.4 Å². The van der Waals surface area contributed by atoms with Gasteiger partial charge in [0.2, 0.25) is 0 Å². The minimum Gasteiger partial charge on any atom is -0.445 e. The highest BCUT2D eigenvalue weighted by Gasteiger charge is 2.65. The van der Waals surface area contributed by atoms with Gasteiger partial charge in [-0.25, -0.2) is 4.79 Å². The van der Waals surface area contributed by atoms with Crippen molar-refractivity contribution in [1.29, 1.82) is 5.26 Å². The van der Waals surface area contributed by atoms with E-state index in [4.69, 9.17) is 4.74 Å². The van der Waals surface area contributed by atoms with Gasteiger partial charge in [0.1, 0.15) is 18.0 Å². The maximum absolute atomic E-state index is 14.8. The molecule has 47 heavy (non-hydrogen) atoms. The molecule has 4 heterocycles. The summed E-state index contributed by atoms with van der Waals surface area (Å²) in [5, 5.41) is 12.7. The Morgan fingerprint density at radius 2 is 1.47 bits per heavy atom. The standard InChI is InChI=1S/C37H32N6O4/c38-21-27-6-8-29(9-7-27)32(44)18-33-41-37(19-25-10-14-39-15-11-25,20-26-12-16-40-17-13-26)35(45)43(33)34-30-22-42(23-31(30)34)36(46)47-24-28-4-2-1-3-5-28/h1-18,30-31,34,41H,19-20,22-24H2. The molecule has 4 aromatic rings. The number of benzene rings is 2. The molecule has 3 aliphatic rings. The molecule has 0 bridgehead atoms. The lowest BCUT2D eigenvalue weighted by molar-refractivity contribution is -0.132. The molecule has 2 amide bonds. The predicted octanol–water partition coefficient (Wildman–Crippen LogP) is 4.30. The normalized spacial score (nSPS) is 21.6. The van der Waals surface area contributed by atoms with Gasteiger partial charge in [-0.15, -0.1) is 0 Å². The van der Waals surface area contributed by atoms with Crippen LogP contribution < -0.4 is 5.32 Å². The second kappa shape index (κ2) is 12.5. The van der Waals surface area contributed by atoms with Crippen LogP contribution in [0, 0.1) is 23.2 Å². The van der Waals surface area contributed by atoms with Gasteiger partial charge in [-0.3, -0.25) is 24.5 Å². The summed E-state index contributed by atoms with van der Waals surface area (Å²) in [7, 11) is 0. The number of ether oxygens (including phenoxy) is 1. The Morgan fingerprint density at radius 1 is 0.872 bits per heavy atom. The van der Waals surface area contributed by atoms with Crippen LogP contribution in [0.2, 0.25) is 0 Å². The van der Waals surface area contributed by atoms with Crippen LogP contribution in [0.1, 0.15) is 32.6 Å². The topological polar surface area (TPSA) is 129 Å². The number of nitriles is 1. The zero-order valence-corrected chi connectivity index (χ0v) is 25.5. The Bertz CT molecular complexity index is 1800. The fraction of sp³-hybridized carbons (Fsp3) is 0.243. The van der Waals surface area contributed by atoms with Gasteiger partial charge < -0.3 is 15.0 Å². The number of carbonyl (C=O) groups excluding carboxylic acids is 3. The van der Waals surface area contributed by atoms with E-state index >= 15 is 0 Å². The molecule has 234 valence electrons. The Hall–Kier alpha value is -5.82. The van der Waals surface area contributed by atoms with Gasteiger partial charge in [0, 0.05) is 80.2 Å². The van der Waals surface area contributed by atoms with Crippen molar-refractivity contribution in [2.45, 2.75) is 31.0 Å². The summed E-state index contributed by atoms with van der Waals surface area (Å²) < 4.78 is 5.58. The molecule has 3 fully saturated rings. The van der Waals surface area contributed by atoms with Crippen molar-refractivity contribution in [3.63, 3.8) is 0 Å². The predicted molar refractivity (Wildman–Crippen MR) is 171 cm³/mol. The number of amides is 2. The van der Waals surface area contributed by atoms with Crippen molar-refractivity contribution in [2.24, 2.45) is 11.8 Å². The second-order valence-corrected chi connectivity index (χ2v) is 12.3. The first kappa shape index (κ1) is 29.9. The lowest BCUT2D eigenvalue weighted by Gasteiger charge is -2.28. The molecule has 1 N–H and O–H groups in total. The van der Waals surface area contributed by atoms with Crippen LogP contribution in [-0.2, 0) is 29.0 Å². The average Bonchev–Trinajstić information content (AvgIpc) is 3.44. The van der Waals surface area contributed by atoms with Crippen molar-refractivity contribution in [3.05, 3.63) is 143 Å². The van der Waals surface area contributed by atoms with Crippen molar-refractivity contribution in [1.82, 2.24) is 25.1 Å². The summed E-state index contributed by atoms with van der Waals surface area (Å²) in [5.41, 5.74) is 2.56. The number of ketones is 1. The summed E-state index contributed by atoms with van der Waals surface area (Å²) in [6.45, 7) is 1.12. The zero-order chi connectivity index (χ0) is 32.4. The molecule has 2 aromatic carbocycles. The van der Waals surface area contributed by atoms with E-state index in [-0.39, 0.29) is 42.3 Å². The van der Waals surface area contributed by atoms with Gasteiger partial charge in [0.05, 0.1) is 11.6 Å². The van der Waals surface area contributed by atoms with E-state index in [1.165, 1.54) is 6.08 Å². The quantitative estimate of drug-likeness (QED) is 0.216. The van der Waals surface area contributed by atoms with Gasteiger partial charge >= 0.3 is 6.09 Å². The number of nitrogens with zero attached hydrogens (tertiary/aromatic N) is 5. The lowest BCUT2D eigenvalue weighted by Crippen LogP contribution is -2.51. The first-order chi connectivity index (χ1) is 22.9. The van der Waals surface area contributed by atoms with Gasteiger partial charge in [-0.05, 0) is 65.2 Å². The molecule has 7 rings (SSSR count). The number of pyridine rings is 2. The van der Waals surface area contributed by atoms with Gasteiger partial charge in [-0.1, -0.05) is 30.3 Å². The molecule has 0 radical (unpaired) electrons. The molecule has 1 saturated carbocycles. The third-order valence-electron chi connectivity index (χ3n) is 9.24. The summed E-state index contributed by atoms with van der Waals surface area (Å²) in [5.74, 6) is 0.134. The van der Waals surface area contributed by atoms with Crippen molar-refractivity contribution < 1.29 is 19.1 Å². The fourth-order valence-electron chi connectivity index (χ4n) is 6.85. The van der Waals surface area contributed by atoms with E-state index in [1.807, 2.05) is 54.6 Å². The number of likely N-dealkylation sites (tertiary alicyclic amines) is 1. The number of allylic oxidation sites excluding steroid dienone is 1. The lowest BCUT2D eigenvalue weighted by atomic mass is 9.85. The minimum absolute atomic E-state index is 0.0519. The van der Waals surface area contributed by atoms with Gasteiger partial charge in [0.15, 0.2) is 5.78 Å². The molecule has 1 aliphatic carbocycles. The van der Waals surface area contributed by atoms with Crippen LogP contribution in [0.25, 0.3) is 0 Å². The Balaban J connectivity index is 1.17. The summed E-state index contributed by atoms with van der Waals surface area (Å²) >= 11 is 0. The number of fused-ring (bicyclic) bond motifs is 1. The molecule has 10 heteroatoms. The molecule has 2 aliphatic heterocycles. The van der Waals surface area contributed by atoms with Crippen molar-refractivity contribution in [2.75, 3.05) is 13.1 Å². The van der Waals surface area contributed by atoms with Crippen LogP contribution in [0.5, 0.6) is 0 Å². The Morgan fingerprint density at radius 3 is 2.04 bits per heavy atom. The van der Waals surface area contributed by atoms with E-state index in [9.17, 15) is 19.6 Å². The summed E-state index contributed by atoms with van der Waals surface area (Å²) in [6, 6.07) is 25.4. The first-order valence-electron chi connectivity index (χ1n) is 15.6. The molecule has 2 aromatic heterocycles. The van der Waals surface area contributed by atoms with Gasteiger partial charge in [0.25, 0.3) is 5.91 Å². The fourth-order valence-corrected chi connectivity index (χ4v) is 6.85. The van der Waals surface area contributed by atoms with Crippen molar-refractivity contribution >= 4 is 17.8 Å². The number of rotatable bonds is 9. The van der Waals surface area contributed by atoms with Crippen LogP contribution in [0.4, 0.5) is 4.79 Å². The van der Waals surface area contributed by atoms with Crippen molar-refractivity contribution in [3.8, 4) is 6.07 Å². The first-order valence-corrected chi connectivity index (χ1v) is 15.6. The highest BCUT2D eigenvalue weighted by Crippen LogP contribution is 2.52. The third kappa shape index (κ3) is 6.08. The van der Waals surface area contributed by atoms with E-state index in [0.717, 1.165) is 16.7 Å². The zero-order valence-electron chi connectivity index (χ0n) is 25.5. The minimum atomic E-state index is -1.08. The number of aromatic nitrogens is 2. The molecule has 2 saturated heterocycles. The molecule has 2 unspecified atom stereocenters. The number of nitrogens with one attached hydrogen (secondary N) is 1. The average molecular weight is 625 g/mol. The molecular formula is C37H32N6O4. The molecule has 10 nitrogen and oxygen atoms in total. The maximum Gasteiger partial charge on any atom is 0.410 e. The highest BCUT2D eigenvalue weighted by molar-refractivity contribution is 6.06. The smallest absolute Gasteiger partial charge is 0.410 e. The monoisotopic (exact) mass is 624 g/mol. The number of hydrogen-bond acceptors (Lipinski definition) is 8. The van der Waals surface area contributed by atoms with Crippen LogP contribution >= 0.6 is 0 Å². The molecule has 0 spiro atoms. The number of hydrogen-bond donors (Lipinski definition) is 1. The van der Waals surface area contributed by atoms with Crippen LogP contribution in [-0.4, -0.2) is 62.2 Å². The van der Waals surface area contributed by atoms with E-state index < -0.39 is 5.54 Å². The Kier molecular flexibility index (Phi) is 7.96. The van der Waals surface area contributed by atoms with Gasteiger partial charge in [-0.2, -0.15) is 5.26 Å². The molecular weight excluding hydrogens is 592 g/mol.